The molecule has 1 aromatic carbocycles. The molecule has 0 saturated heterocycles. The molecule has 1 heterocycles. The van der Waals surface area contributed by atoms with E-state index >= 15 is 0 Å². The molecule has 20 heavy (non-hydrogen) atoms. The van der Waals surface area contributed by atoms with Gasteiger partial charge in [-0.2, -0.15) is 0 Å². The molecule has 0 atom stereocenters. The number of hydrogen-bond acceptors (Lipinski definition) is 4. The third-order valence-electron chi connectivity index (χ3n) is 3.14. The van der Waals surface area contributed by atoms with Gasteiger partial charge in [0.1, 0.15) is 0 Å². The van der Waals surface area contributed by atoms with Gasteiger partial charge >= 0.3 is 0 Å². The van der Waals surface area contributed by atoms with Crippen molar-refractivity contribution in [2.24, 2.45) is 0 Å². The van der Waals surface area contributed by atoms with E-state index in [2.05, 4.69) is 62.0 Å². The minimum absolute atomic E-state index is 0. The largest absolute Gasteiger partial charge is 0.375 e. The number of anilines is 2. The van der Waals surface area contributed by atoms with E-state index in [0.29, 0.717) is 5.13 Å². The van der Waals surface area contributed by atoms with Crippen LogP contribution >= 0.6 is 23.7 Å². The molecule has 0 aliphatic rings. The molecule has 0 radical (unpaired) electrons. The lowest BCUT2D eigenvalue weighted by molar-refractivity contribution is 0.590. The van der Waals surface area contributed by atoms with Gasteiger partial charge in [0.05, 0.1) is 6.54 Å². The number of rotatable bonds is 3. The van der Waals surface area contributed by atoms with Crippen molar-refractivity contribution in [2.45, 2.75) is 32.7 Å². The summed E-state index contributed by atoms with van der Waals surface area (Å²) in [6.07, 6.45) is 1.85. The van der Waals surface area contributed by atoms with Gasteiger partial charge < -0.3 is 10.6 Å². The predicted molar refractivity (Wildman–Crippen MR) is 91.0 cm³/mol. The average Bonchev–Trinajstić information content (AvgIpc) is 2.74. The van der Waals surface area contributed by atoms with E-state index < -0.39 is 0 Å². The third kappa shape index (κ3) is 4.12. The van der Waals surface area contributed by atoms with E-state index in [9.17, 15) is 0 Å². The summed E-state index contributed by atoms with van der Waals surface area (Å²) >= 11 is 1.54. The zero-order valence-electron chi connectivity index (χ0n) is 12.4. The summed E-state index contributed by atoms with van der Waals surface area (Å²) in [7, 11) is 2.09. The Balaban J connectivity index is 0.00000200. The van der Waals surface area contributed by atoms with Crippen molar-refractivity contribution in [1.29, 1.82) is 0 Å². The van der Waals surface area contributed by atoms with Crippen molar-refractivity contribution in [3.05, 3.63) is 40.9 Å². The van der Waals surface area contributed by atoms with Crippen LogP contribution in [-0.2, 0) is 12.0 Å². The summed E-state index contributed by atoms with van der Waals surface area (Å²) in [5.41, 5.74) is 8.41. The van der Waals surface area contributed by atoms with E-state index in [-0.39, 0.29) is 17.8 Å². The van der Waals surface area contributed by atoms with Crippen LogP contribution in [0.2, 0.25) is 0 Å². The fraction of sp³-hybridized carbons (Fsp3) is 0.400. The number of nitrogens with two attached hydrogens (primary N) is 1. The molecule has 5 heteroatoms. The van der Waals surface area contributed by atoms with Crippen LogP contribution in [0.4, 0.5) is 10.8 Å². The molecular weight excluding hydrogens is 290 g/mol. The molecule has 0 saturated carbocycles. The molecule has 1 aromatic heterocycles. The van der Waals surface area contributed by atoms with Crippen LogP contribution in [0.5, 0.6) is 0 Å². The Kier molecular flexibility index (Phi) is 5.42. The first-order valence-corrected chi connectivity index (χ1v) is 7.20. The highest BCUT2D eigenvalue weighted by molar-refractivity contribution is 7.15. The smallest absolute Gasteiger partial charge is 0.180 e. The van der Waals surface area contributed by atoms with Crippen molar-refractivity contribution in [2.75, 3.05) is 17.7 Å². The number of hydrogen-bond donors (Lipinski definition) is 1. The van der Waals surface area contributed by atoms with E-state index in [4.69, 9.17) is 5.73 Å². The van der Waals surface area contributed by atoms with Crippen LogP contribution in [0.25, 0.3) is 0 Å². The highest BCUT2D eigenvalue weighted by atomic mass is 35.5. The van der Waals surface area contributed by atoms with Crippen molar-refractivity contribution in [1.82, 2.24) is 4.98 Å². The molecule has 2 rings (SSSR count). The predicted octanol–water partition coefficient (Wildman–Crippen LogP) is 4.08. The van der Waals surface area contributed by atoms with Crippen LogP contribution in [0.1, 0.15) is 31.2 Å². The first kappa shape index (κ1) is 16.8. The van der Waals surface area contributed by atoms with Crippen LogP contribution in [-0.4, -0.2) is 12.0 Å². The zero-order chi connectivity index (χ0) is 14.0. The average molecular weight is 312 g/mol. The topological polar surface area (TPSA) is 42.2 Å². The molecule has 3 nitrogen and oxygen atoms in total. The van der Waals surface area contributed by atoms with Gasteiger partial charge in [0.15, 0.2) is 5.13 Å². The van der Waals surface area contributed by atoms with Crippen molar-refractivity contribution in [3.63, 3.8) is 0 Å². The van der Waals surface area contributed by atoms with E-state index in [1.165, 1.54) is 16.1 Å². The lowest BCUT2D eigenvalue weighted by atomic mass is 9.87. The molecule has 0 amide bonds. The molecule has 0 spiro atoms. The number of benzene rings is 1. The van der Waals surface area contributed by atoms with Gasteiger partial charge in [-0.05, 0) is 23.1 Å². The first-order chi connectivity index (χ1) is 8.86. The van der Waals surface area contributed by atoms with Crippen LogP contribution in [0.15, 0.2) is 30.5 Å². The van der Waals surface area contributed by atoms with Crippen molar-refractivity contribution >= 4 is 34.6 Å². The van der Waals surface area contributed by atoms with Gasteiger partial charge in [-0.15, -0.1) is 23.7 Å². The molecule has 2 aromatic rings. The van der Waals surface area contributed by atoms with Gasteiger partial charge in [0, 0.05) is 23.8 Å². The lowest BCUT2D eigenvalue weighted by Crippen LogP contribution is -2.16. The fourth-order valence-corrected chi connectivity index (χ4v) is 2.67. The van der Waals surface area contributed by atoms with Crippen molar-refractivity contribution < 1.29 is 0 Å². The number of halogens is 1. The Morgan fingerprint density at radius 2 is 1.80 bits per heavy atom. The summed E-state index contributed by atoms with van der Waals surface area (Å²) < 4.78 is 0. The summed E-state index contributed by atoms with van der Waals surface area (Å²) in [5, 5.41) is 0.631. The Bertz CT molecular complexity index is 543. The van der Waals surface area contributed by atoms with Gasteiger partial charge in [-0.3, -0.25) is 0 Å². The number of nitrogen functional groups attached to an aromatic ring is 1. The zero-order valence-corrected chi connectivity index (χ0v) is 14.0. The van der Waals surface area contributed by atoms with Gasteiger partial charge in [0.25, 0.3) is 0 Å². The van der Waals surface area contributed by atoms with Gasteiger partial charge in [-0.1, -0.05) is 32.9 Å². The van der Waals surface area contributed by atoms with Crippen LogP contribution in [0.3, 0.4) is 0 Å². The molecule has 2 N–H and O–H groups in total. The van der Waals surface area contributed by atoms with E-state index in [0.717, 1.165) is 6.54 Å². The SMILES string of the molecule is CN(Cc1cnc(N)s1)c1ccc(C(C)(C)C)cc1.Cl. The van der Waals surface area contributed by atoms with E-state index in [1.807, 2.05) is 6.20 Å². The fourth-order valence-electron chi connectivity index (χ4n) is 1.94. The Morgan fingerprint density at radius 3 is 2.25 bits per heavy atom. The quantitative estimate of drug-likeness (QED) is 0.928. The molecule has 0 unspecified atom stereocenters. The minimum atomic E-state index is 0. The van der Waals surface area contributed by atoms with Crippen LogP contribution < -0.4 is 10.6 Å². The summed E-state index contributed by atoms with van der Waals surface area (Å²) in [6.45, 7) is 7.52. The van der Waals surface area contributed by atoms with Gasteiger partial charge in [-0.25, -0.2) is 4.98 Å². The maximum atomic E-state index is 5.65. The molecule has 0 fully saturated rings. The second kappa shape index (κ2) is 6.46. The van der Waals surface area contributed by atoms with Gasteiger partial charge in [0.2, 0.25) is 0 Å². The van der Waals surface area contributed by atoms with Crippen LogP contribution in [0, 0.1) is 0 Å². The summed E-state index contributed by atoms with van der Waals surface area (Å²) in [4.78, 5) is 7.47. The standard InChI is InChI=1S/C15H21N3S.ClH/c1-15(2,3)11-5-7-12(8-6-11)18(4)10-13-9-17-14(16)19-13;/h5-9H,10H2,1-4H3,(H2,16,17);1H. The monoisotopic (exact) mass is 311 g/mol. The molecular formula is C15H22ClN3S. The highest BCUT2D eigenvalue weighted by Crippen LogP contribution is 2.25. The number of nitrogens with zero attached hydrogens (tertiary/aromatic N) is 2. The summed E-state index contributed by atoms with van der Waals surface area (Å²) in [6, 6.07) is 8.75. The Hall–Kier alpha value is -1.26. The first-order valence-electron chi connectivity index (χ1n) is 6.38. The number of aromatic nitrogens is 1. The third-order valence-corrected chi connectivity index (χ3v) is 3.95. The normalized spacial score (nSPS) is 11.0. The minimum Gasteiger partial charge on any atom is -0.375 e. The Labute approximate surface area is 131 Å². The van der Waals surface area contributed by atoms with Crippen molar-refractivity contribution in [3.8, 4) is 0 Å². The van der Waals surface area contributed by atoms with E-state index in [1.54, 1.807) is 11.3 Å². The lowest BCUT2D eigenvalue weighted by Gasteiger charge is -2.22. The molecule has 0 aliphatic heterocycles. The maximum absolute atomic E-state index is 5.65. The summed E-state index contributed by atoms with van der Waals surface area (Å²) in [5.74, 6) is 0. The number of thiazole rings is 1. The highest BCUT2D eigenvalue weighted by Gasteiger charge is 2.13. The molecule has 0 bridgehead atoms. The maximum Gasteiger partial charge on any atom is 0.180 e. The Morgan fingerprint density at radius 1 is 1.20 bits per heavy atom. The molecule has 0 aliphatic carbocycles. The second-order valence-electron chi connectivity index (χ2n) is 5.82. The second-order valence-corrected chi connectivity index (χ2v) is 6.96. The molecule has 110 valence electrons.